The van der Waals surface area contributed by atoms with Gasteiger partial charge in [0.15, 0.2) is 0 Å². The van der Waals surface area contributed by atoms with Crippen molar-refractivity contribution in [3.8, 4) is 0 Å². The summed E-state index contributed by atoms with van der Waals surface area (Å²) in [5.74, 6) is -0.0753. The van der Waals surface area contributed by atoms with Gasteiger partial charge in [0.05, 0.1) is 10.2 Å². The predicted molar refractivity (Wildman–Crippen MR) is 83.9 cm³/mol. The summed E-state index contributed by atoms with van der Waals surface area (Å²) in [6.07, 6.45) is 1.82. The molecule has 4 nitrogen and oxygen atoms in total. The lowest BCUT2D eigenvalue weighted by molar-refractivity contribution is -0.119. The maximum Gasteiger partial charge on any atom is 0.248 e. The van der Waals surface area contributed by atoms with Crippen LogP contribution in [-0.2, 0) is 4.79 Å². The fraction of sp³-hybridized carbons (Fsp3) is 0.333. The molecular weight excluding hydrogens is 318 g/mol. The van der Waals surface area contributed by atoms with Gasteiger partial charge in [0.1, 0.15) is 6.04 Å². The number of halogens is 1. The summed E-state index contributed by atoms with van der Waals surface area (Å²) >= 11 is 3.41. The van der Waals surface area contributed by atoms with Gasteiger partial charge >= 0.3 is 0 Å². The first-order valence-electron chi connectivity index (χ1n) is 6.48. The summed E-state index contributed by atoms with van der Waals surface area (Å²) in [5.41, 5.74) is 3.97. The Hall–Kier alpha value is -1.62. The Balaban J connectivity index is 2.17. The Morgan fingerprint density at radius 1 is 1.35 bits per heavy atom. The van der Waals surface area contributed by atoms with Crippen LogP contribution in [0.3, 0.4) is 0 Å². The van der Waals surface area contributed by atoms with Crippen molar-refractivity contribution in [1.82, 2.24) is 9.78 Å². The number of carbonyl (C=O) groups excluding carboxylic acids is 1. The summed E-state index contributed by atoms with van der Waals surface area (Å²) in [6.45, 7) is 7.77. The molecule has 1 unspecified atom stereocenters. The molecule has 2 aromatic rings. The number of anilines is 1. The van der Waals surface area contributed by atoms with Crippen molar-refractivity contribution in [2.75, 3.05) is 5.32 Å². The minimum absolute atomic E-state index is 0.0753. The minimum atomic E-state index is -0.361. The molecule has 0 saturated carbocycles. The van der Waals surface area contributed by atoms with Crippen LogP contribution >= 0.6 is 15.9 Å². The molecule has 0 saturated heterocycles. The summed E-state index contributed by atoms with van der Waals surface area (Å²) in [4.78, 5) is 12.3. The average Bonchev–Trinajstić information content (AvgIpc) is 2.74. The van der Waals surface area contributed by atoms with E-state index in [9.17, 15) is 4.79 Å². The van der Waals surface area contributed by atoms with E-state index in [2.05, 4.69) is 26.3 Å². The van der Waals surface area contributed by atoms with E-state index < -0.39 is 0 Å². The normalized spacial score (nSPS) is 12.2. The number of aromatic nitrogens is 2. The molecule has 0 bridgehead atoms. The summed E-state index contributed by atoms with van der Waals surface area (Å²) in [6, 6.07) is 5.52. The fourth-order valence-electron chi connectivity index (χ4n) is 1.90. The van der Waals surface area contributed by atoms with Crippen molar-refractivity contribution in [3.63, 3.8) is 0 Å². The molecular formula is C15H18BrN3O. The van der Waals surface area contributed by atoms with Crippen molar-refractivity contribution in [1.29, 1.82) is 0 Å². The van der Waals surface area contributed by atoms with Gasteiger partial charge in [-0.15, -0.1) is 0 Å². The third kappa shape index (κ3) is 2.93. The number of benzene rings is 1. The number of nitrogens with one attached hydrogen (secondary N) is 1. The minimum Gasteiger partial charge on any atom is -0.324 e. The smallest absolute Gasteiger partial charge is 0.248 e. The topological polar surface area (TPSA) is 46.9 Å². The zero-order valence-electron chi connectivity index (χ0n) is 12.1. The first kappa shape index (κ1) is 14.8. The molecule has 1 amide bonds. The molecule has 0 radical (unpaired) electrons. The molecule has 0 aliphatic rings. The third-order valence-corrected chi connectivity index (χ3v) is 4.27. The highest BCUT2D eigenvalue weighted by atomic mass is 79.9. The number of hydrogen-bond acceptors (Lipinski definition) is 2. The van der Waals surface area contributed by atoms with Crippen LogP contribution in [0.25, 0.3) is 0 Å². The van der Waals surface area contributed by atoms with Crippen molar-refractivity contribution >= 4 is 27.5 Å². The molecule has 1 aromatic heterocycles. The van der Waals surface area contributed by atoms with E-state index in [0.29, 0.717) is 0 Å². The van der Waals surface area contributed by atoms with E-state index in [1.807, 2.05) is 52.1 Å². The van der Waals surface area contributed by atoms with Crippen molar-refractivity contribution in [2.24, 2.45) is 0 Å². The van der Waals surface area contributed by atoms with Crippen LogP contribution in [0, 0.1) is 20.8 Å². The standard InChI is InChI=1S/C15H18BrN3O/c1-9-6-5-7-14(10(9)2)17-15(20)12(4)19-8-13(16)11(3)18-19/h5-8,12H,1-4H3,(H,17,20). The van der Waals surface area contributed by atoms with Crippen molar-refractivity contribution in [3.05, 3.63) is 45.7 Å². The maximum atomic E-state index is 12.3. The first-order valence-corrected chi connectivity index (χ1v) is 7.27. The monoisotopic (exact) mass is 335 g/mol. The van der Waals surface area contributed by atoms with Crippen molar-refractivity contribution in [2.45, 2.75) is 33.7 Å². The van der Waals surface area contributed by atoms with Gasteiger partial charge < -0.3 is 5.32 Å². The summed E-state index contributed by atoms with van der Waals surface area (Å²) < 4.78 is 2.57. The Morgan fingerprint density at radius 2 is 2.05 bits per heavy atom. The Bertz CT molecular complexity index is 629. The lowest BCUT2D eigenvalue weighted by atomic mass is 10.1. The maximum absolute atomic E-state index is 12.3. The fourth-order valence-corrected chi connectivity index (χ4v) is 2.19. The van der Waals surface area contributed by atoms with E-state index in [1.54, 1.807) is 4.68 Å². The van der Waals surface area contributed by atoms with E-state index in [0.717, 1.165) is 27.0 Å². The number of aryl methyl sites for hydroxylation is 2. The molecule has 20 heavy (non-hydrogen) atoms. The van der Waals surface area contributed by atoms with E-state index >= 15 is 0 Å². The van der Waals surface area contributed by atoms with Crippen molar-refractivity contribution < 1.29 is 4.79 Å². The zero-order valence-corrected chi connectivity index (χ0v) is 13.7. The predicted octanol–water partition coefficient (Wildman–Crippen LogP) is 3.77. The molecule has 1 N–H and O–H groups in total. The number of carbonyl (C=O) groups is 1. The van der Waals surface area contributed by atoms with Gasteiger partial charge in [-0.05, 0) is 60.8 Å². The third-order valence-electron chi connectivity index (χ3n) is 3.50. The molecule has 0 fully saturated rings. The number of amides is 1. The highest BCUT2D eigenvalue weighted by molar-refractivity contribution is 9.10. The lowest BCUT2D eigenvalue weighted by Gasteiger charge is -2.15. The second kappa shape index (κ2) is 5.79. The van der Waals surface area contributed by atoms with Gasteiger partial charge in [0.25, 0.3) is 0 Å². The van der Waals surface area contributed by atoms with Gasteiger partial charge in [0.2, 0.25) is 5.91 Å². The highest BCUT2D eigenvalue weighted by Crippen LogP contribution is 2.21. The molecule has 1 aromatic carbocycles. The van der Waals surface area contributed by atoms with Gasteiger partial charge in [0, 0.05) is 11.9 Å². The average molecular weight is 336 g/mol. The Labute approximate surface area is 127 Å². The molecule has 1 atom stereocenters. The van der Waals surface area contributed by atoms with Gasteiger partial charge in [-0.1, -0.05) is 12.1 Å². The molecule has 0 spiro atoms. The largest absolute Gasteiger partial charge is 0.324 e. The highest BCUT2D eigenvalue weighted by Gasteiger charge is 2.17. The van der Waals surface area contributed by atoms with E-state index in [4.69, 9.17) is 0 Å². The zero-order chi connectivity index (χ0) is 14.9. The number of nitrogens with zero attached hydrogens (tertiary/aromatic N) is 2. The summed E-state index contributed by atoms with van der Waals surface area (Å²) in [5, 5.41) is 7.28. The lowest BCUT2D eigenvalue weighted by Crippen LogP contribution is -2.24. The van der Waals surface area contributed by atoms with Gasteiger partial charge in [-0.3, -0.25) is 9.48 Å². The van der Waals surface area contributed by atoms with Crippen LogP contribution < -0.4 is 5.32 Å². The molecule has 5 heteroatoms. The molecule has 2 rings (SSSR count). The molecule has 0 aliphatic carbocycles. The number of rotatable bonds is 3. The van der Waals surface area contributed by atoms with Crippen LogP contribution in [0.1, 0.15) is 29.8 Å². The quantitative estimate of drug-likeness (QED) is 0.927. The van der Waals surface area contributed by atoms with E-state index in [-0.39, 0.29) is 11.9 Å². The van der Waals surface area contributed by atoms with Crippen LogP contribution in [-0.4, -0.2) is 15.7 Å². The van der Waals surface area contributed by atoms with Crippen LogP contribution in [0.2, 0.25) is 0 Å². The van der Waals surface area contributed by atoms with Crippen LogP contribution in [0.4, 0.5) is 5.69 Å². The SMILES string of the molecule is Cc1cccc(NC(=O)C(C)n2cc(Br)c(C)n2)c1C. The van der Waals surface area contributed by atoms with E-state index in [1.165, 1.54) is 0 Å². The number of hydrogen-bond donors (Lipinski definition) is 1. The molecule has 106 valence electrons. The first-order chi connectivity index (χ1) is 9.40. The second-order valence-electron chi connectivity index (χ2n) is 4.96. The molecule has 0 aliphatic heterocycles. The Morgan fingerprint density at radius 3 is 2.65 bits per heavy atom. The Kier molecular flexibility index (Phi) is 4.28. The van der Waals surface area contributed by atoms with Gasteiger partial charge in [-0.2, -0.15) is 5.10 Å². The van der Waals surface area contributed by atoms with Gasteiger partial charge in [-0.25, -0.2) is 0 Å². The second-order valence-corrected chi connectivity index (χ2v) is 5.81. The summed E-state index contributed by atoms with van der Waals surface area (Å²) in [7, 11) is 0. The molecule has 1 heterocycles. The van der Waals surface area contributed by atoms with Crippen LogP contribution in [0.15, 0.2) is 28.9 Å². The van der Waals surface area contributed by atoms with Crippen LogP contribution in [0.5, 0.6) is 0 Å².